The fourth-order valence-electron chi connectivity index (χ4n) is 5.72. The Morgan fingerprint density at radius 1 is 0.676 bits per heavy atom. The van der Waals surface area contributed by atoms with Crippen LogP contribution in [0.3, 0.4) is 0 Å². The average Bonchev–Trinajstić information content (AvgIpc) is 3.26. The fraction of sp³-hybridized carbons (Fsp3) is 0.194. The molecule has 4 atom stereocenters. The number of hydrogen-bond acceptors (Lipinski definition) is 4. The fourth-order valence-corrected chi connectivity index (χ4v) is 5.72. The second kappa shape index (κ2) is 9.88. The van der Waals surface area contributed by atoms with E-state index in [1.54, 1.807) is 24.3 Å². The molecule has 0 saturated carbocycles. The van der Waals surface area contributed by atoms with Crippen LogP contribution >= 0.6 is 0 Å². The summed E-state index contributed by atoms with van der Waals surface area (Å²) in [5, 5.41) is 0. The van der Waals surface area contributed by atoms with Crippen LogP contribution in [0, 0.1) is 11.6 Å². The molecule has 4 aromatic rings. The molecule has 4 aromatic carbocycles. The molecular formula is C31H26F2N2O2. The lowest BCUT2D eigenvalue weighted by molar-refractivity contribution is -0.162. The van der Waals surface area contributed by atoms with Crippen molar-refractivity contribution in [2.24, 2.45) is 0 Å². The van der Waals surface area contributed by atoms with E-state index in [1.807, 2.05) is 60.7 Å². The SMILES string of the molecule is O=C1OC[C@H](c2ccccc2)N2[C@H]1[C@@H](c1ccc(F)cc1)N(Cc1ccccc1)[C@H]2c1ccc(F)cc1. The Balaban J connectivity index is 1.55. The Morgan fingerprint density at radius 3 is 1.86 bits per heavy atom. The minimum absolute atomic E-state index is 0.206. The summed E-state index contributed by atoms with van der Waals surface area (Å²) in [6.45, 7) is 0.749. The number of cyclic esters (lactones) is 1. The van der Waals surface area contributed by atoms with Crippen molar-refractivity contribution in [1.82, 2.24) is 9.80 Å². The first-order chi connectivity index (χ1) is 18.1. The molecule has 0 N–H and O–H groups in total. The molecule has 4 nitrogen and oxygen atoms in total. The highest BCUT2D eigenvalue weighted by molar-refractivity contribution is 5.79. The van der Waals surface area contributed by atoms with Gasteiger partial charge in [-0.2, -0.15) is 0 Å². The van der Waals surface area contributed by atoms with E-state index in [0.29, 0.717) is 6.54 Å². The number of esters is 1. The maximum Gasteiger partial charge on any atom is 0.325 e. The van der Waals surface area contributed by atoms with Crippen molar-refractivity contribution in [2.75, 3.05) is 6.61 Å². The molecule has 0 radical (unpaired) electrons. The van der Waals surface area contributed by atoms with Crippen LogP contribution in [-0.4, -0.2) is 28.4 Å². The number of ether oxygens (including phenoxy) is 1. The van der Waals surface area contributed by atoms with Gasteiger partial charge in [0.25, 0.3) is 0 Å². The third kappa shape index (κ3) is 4.43. The summed E-state index contributed by atoms with van der Waals surface area (Å²) in [7, 11) is 0. The van der Waals surface area contributed by atoms with Crippen LogP contribution in [-0.2, 0) is 16.1 Å². The molecule has 0 bridgehead atoms. The number of rotatable bonds is 5. The van der Waals surface area contributed by atoms with Crippen LogP contribution in [0.5, 0.6) is 0 Å². The molecule has 6 rings (SSSR count). The highest BCUT2D eigenvalue weighted by Crippen LogP contribution is 2.52. The summed E-state index contributed by atoms with van der Waals surface area (Å²) in [5.41, 5.74) is 3.81. The van der Waals surface area contributed by atoms with Crippen LogP contribution in [0.2, 0.25) is 0 Å². The monoisotopic (exact) mass is 496 g/mol. The third-order valence-electron chi connectivity index (χ3n) is 7.33. The molecule has 2 heterocycles. The van der Waals surface area contributed by atoms with Crippen LogP contribution < -0.4 is 0 Å². The lowest BCUT2D eigenvalue weighted by Crippen LogP contribution is -2.49. The topological polar surface area (TPSA) is 32.8 Å². The molecule has 2 fully saturated rings. The summed E-state index contributed by atoms with van der Waals surface area (Å²) in [6, 6.07) is 31.6. The quantitative estimate of drug-likeness (QED) is 0.309. The van der Waals surface area contributed by atoms with Crippen molar-refractivity contribution < 1.29 is 18.3 Å². The van der Waals surface area contributed by atoms with E-state index in [1.165, 1.54) is 24.3 Å². The highest BCUT2D eigenvalue weighted by atomic mass is 19.1. The van der Waals surface area contributed by atoms with Gasteiger partial charge < -0.3 is 4.74 Å². The van der Waals surface area contributed by atoms with Crippen LogP contribution in [0.1, 0.15) is 40.5 Å². The minimum atomic E-state index is -0.636. The van der Waals surface area contributed by atoms with Gasteiger partial charge in [0.15, 0.2) is 0 Å². The van der Waals surface area contributed by atoms with Gasteiger partial charge in [0.1, 0.15) is 24.3 Å². The number of morpholine rings is 1. The van der Waals surface area contributed by atoms with Gasteiger partial charge in [-0.1, -0.05) is 84.9 Å². The summed E-state index contributed by atoms with van der Waals surface area (Å²) in [6.07, 6.45) is -0.348. The number of halogens is 2. The Hall–Kier alpha value is -3.87. The van der Waals surface area contributed by atoms with Gasteiger partial charge >= 0.3 is 5.97 Å². The number of hydrogen-bond donors (Lipinski definition) is 0. The Labute approximate surface area is 214 Å². The van der Waals surface area contributed by atoms with Gasteiger partial charge in [-0.25, -0.2) is 8.78 Å². The number of nitrogens with zero attached hydrogens (tertiary/aromatic N) is 2. The number of benzene rings is 4. The van der Waals surface area contributed by atoms with Gasteiger partial charge in [-0.15, -0.1) is 0 Å². The molecule has 2 aliphatic rings. The summed E-state index contributed by atoms with van der Waals surface area (Å²) in [4.78, 5) is 18.0. The van der Waals surface area contributed by atoms with Crippen molar-refractivity contribution >= 4 is 5.97 Å². The van der Waals surface area contributed by atoms with E-state index in [0.717, 1.165) is 22.3 Å². The Bertz CT molecular complexity index is 1360. The predicted octanol–water partition coefficient (Wildman–Crippen LogP) is 6.19. The summed E-state index contributed by atoms with van der Waals surface area (Å²) < 4.78 is 33.7. The first-order valence-electron chi connectivity index (χ1n) is 12.4. The van der Waals surface area contributed by atoms with Crippen molar-refractivity contribution in [3.8, 4) is 0 Å². The Morgan fingerprint density at radius 2 is 1.24 bits per heavy atom. The standard InChI is InChI=1S/C31H26F2N2O2/c32-25-15-11-23(12-16-25)28-29-31(36)37-20-27(22-9-5-2-6-10-22)35(29)30(24-13-17-26(33)18-14-24)34(28)19-21-7-3-1-4-8-21/h1-18,27-30H,19-20H2/t27-,28-,29+,30-/m1/s1. The van der Waals surface area contributed by atoms with Crippen molar-refractivity contribution in [2.45, 2.75) is 30.8 Å². The predicted molar refractivity (Wildman–Crippen MR) is 136 cm³/mol. The maximum atomic E-state index is 14.0. The summed E-state index contributed by atoms with van der Waals surface area (Å²) in [5.74, 6) is -0.971. The van der Waals surface area contributed by atoms with Crippen molar-refractivity contribution in [1.29, 1.82) is 0 Å². The van der Waals surface area contributed by atoms with Crippen LogP contribution in [0.15, 0.2) is 109 Å². The second-order valence-electron chi connectivity index (χ2n) is 9.53. The molecule has 186 valence electrons. The van der Waals surface area contributed by atoms with Crippen molar-refractivity contribution in [3.05, 3.63) is 143 Å². The van der Waals surface area contributed by atoms with Gasteiger partial charge in [0.05, 0.1) is 18.2 Å². The van der Waals surface area contributed by atoms with E-state index < -0.39 is 12.1 Å². The number of fused-ring (bicyclic) bond motifs is 1. The zero-order valence-electron chi connectivity index (χ0n) is 20.1. The van der Waals surface area contributed by atoms with E-state index in [-0.39, 0.29) is 36.4 Å². The van der Waals surface area contributed by atoms with Gasteiger partial charge in [0.2, 0.25) is 0 Å². The smallest absolute Gasteiger partial charge is 0.325 e. The van der Waals surface area contributed by atoms with Gasteiger partial charge in [-0.05, 0) is 46.5 Å². The minimum Gasteiger partial charge on any atom is -0.462 e. The van der Waals surface area contributed by atoms with Crippen LogP contribution in [0.25, 0.3) is 0 Å². The second-order valence-corrected chi connectivity index (χ2v) is 9.53. The molecule has 0 unspecified atom stereocenters. The molecule has 37 heavy (non-hydrogen) atoms. The molecule has 2 aliphatic heterocycles. The van der Waals surface area contributed by atoms with E-state index in [2.05, 4.69) is 9.80 Å². The highest BCUT2D eigenvalue weighted by Gasteiger charge is 2.56. The van der Waals surface area contributed by atoms with E-state index >= 15 is 0 Å². The zero-order chi connectivity index (χ0) is 25.4. The zero-order valence-corrected chi connectivity index (χ0v) is 20.1. The molecule has 0 amide bonds. The maximum absolute atomic E-state index is 14.0. The average molecular weight is 497 g/mol. The Kier molecular flexibility index (Phi) is 6.28. The molecule has 2 saturated heterocycles. The van der Waals surface area contributed by atoms with Crippen LogP contribution in [0.4, 0.5) is 8.78 Å². The number of carbonyl (C=O) groups excluding carboxylic acids is 1. The molecule has 0 aliphatic carbocycles. The number of carbonyl (C=O) groups is 1. The largest absolute Gasteiger partial charge is 0.462 e. The third-order valence-corrected chi connectivity index (χ3v) is 7.33. The molecule has 0 spiro atoms. The normalized spacial score (nSPS) is 24.0. The van der Waals surface area contributed by atoms with E-state index in [4.69, 9.17) is 4.74 Å². The lowest BCUT2D eigenvalue weighted by Gasteiger charge is -2.40. The molecule has 6 heteroatoms. The van der Waals surface area contributed by atoms with Crippen molar-refractivity contribution in [3.63, 3.8) is 0 Å². The van der Waals surface area contributed by atoms with Gasteiger partial charge in [0, 0.05) is 6.54 Å². The molecular weight excluding hydrogens is 470 g/mol. The summed E-state index contributed by atoms with van der Waals surface area (Å²) >= 11 is 0. The van der Waals surface area contributed by atoms with Gasteiger partial charge in [-0.3, -0.25) is 14.6 Å². The van der Waals surface area contributed by atoms with E-state index in [9.17, 15) is 13.6 Å². The molecule has 0 aromatic heterocycles. The first-order valence-corrected chi connectivity index (χ1v) is 12.4. The first kappa shape index (κ1) is 23.5. The lowest BCUT2D eigenvalue weighted by atomic mass is 9.95.